The van der Waals surface area contributed by atoms with E-state index in [4.69, 9.17) is 4.11 Å². The minimum Gasteiger partial charge on any atom is -0.206 e. The number of hydrogen-bond donors (Lipinski definition) is 0. The molecule has 0 fully saturated rings. The van der Waals surface area contributed by atoms with E-state index in [0.717, 1.165) is 11.8 Å². The van der Waals surface area contributed by atoms with Gasteiger partial charge < -0.3 is 0 Å². The summed E-state index contributed by atoms with van der Waals surface area (Å²) in [5.74, 6) is -0.487. The average molecular weight is 291 g/mol. The van der Waals surface area contributed by atoms with Crippen LogP contribution in [0.4, 0.5) is 4.39 Å². The van der Waals surface area contributed by atoms with E-state index in [1.807, 2.05) is 23.9 Å². The standard InChI is InChI=1S/C17H23FNSi/c1-12-9-13(2)17(15(18)10-12)16-11-14(20(4,5)6)7-8-19(16)3/h7-11H,1-6H3/q+1/i1D3. The highest BCUT2D eigenvalue weighted by Gasteiger charge is 2.23. The molecule has 0 amide bonds. The number of halogens is 1. The zero-order valence-electron chi connectivity index (χ0n) is 15.7. The summed E-state index contributed by atoms with van der Waals surface area (Å²) in [5, 5.41) is 1.24. The van der Waals surface area contributed by atoms with Crippen molar-refractivity contribution in [3.8, 4) is 11.3 Å². The van der Waals surface area contributed by atoms with E-state index in [1.54, 1.807) is 13.0 Å². The van der Waals surface area contributed by atoms with E-state index in [0.29, 0.717) is 11.1 Å². The molecule has 0 aliphatic carbocycles. The molecule has 0 N–H and O–H groups in total. The number of nitrogens with zero attached hydrogens (tertiary/aromatic N) is 1. The molecule has 0 aliphatic rings. The van der Waals surface area contributed by atoms with Crippen LogP contribution in [0.1, 0.15) is 15.2 Å². The van der Waals surface area contributed by atoms with Gasteiger partial charge in [0.25, 0.3) is 0 Å². The van der Waals surface area contributed by atoms with Crippen LogP contribution < -0.4 is 9.75 Å². The topological polar surface area (TPSA) is 3.88 Å². The van der Waals surface area contributed by atoms with Crippen molar-refractivity contribution < 1.29 is 13.1 Å². The molecule has 0 saturated carbocycles. The summed E-state index contributed by atoms with van der Waals surface area (Å²) in [5.41, 5.74) is 1.93. The Hall–Kier alpha value is -1.48. The summed E-state index contributed by atoms with van der Waals surface area (Å²) in [6, 6.07) is 6.82. The Morgan fingerprint density at radius 1 is 1.20 bits per heavy atom. The largest absolute Gasteiger partial charge is 0.215 e. The Kier molecular flexibility index (Phi) is 2.88. The summed E-state index contributed by atoms with van der Waals surface area (Å²) in [7, 11) is 0.353. The zero-order chi connectivity index (χ0) is 17.6. The molecular formula is C17H23FNSi+. The highest BCUT2D eigenvalue weighted by Crippen LogP contribution is 2.25. The van der Waals surface area contributed by atoms with Gasteiger partial charge in [0, 0.05) is 16.2 Å². The molecule has 0 aliphatic heterocycles. The molecule has 0 saturated heterocycles. The molecule has 1 aromatic heterocycles. The van der Waals surface area contributed by atoms with Crippen LogP contribution >= 0.6 is 0 Å². The van der Waals surface area contributed by atoms with Crippen molar-refractivity contribution in [3.63, 3.8) is 0 Å². The fraction of sp³-hybridized carbons (Fsp3) is 0.353. The van der Waals surface area contributed by atoms with Crippen molar-refractivity contribution in [1.29, 1.82) is 0 Å². The molecule has 2 rings (SSSR count). The van der Waals surface area contributed by atoms with Crippen LogP contribution in [0.2, 0.25) is 19.6 Å². The van der Waals surface area contributed by atoms with Crippen molar-refractivity contribution in [2.75, 3.05) is 0 Å². The molecule has 106 valence electrons. The van der Waals surface area contributed by atoms with Crippen molar-refractivity contribution in [2.45, 2.75) is 33.4 Å². The van der Waals surface area contributed by atoms with Gasteiger partial charge in [-0.05, 0) is 36.2 Å². The highest BCUT2D eigenvalue weighted by atomic mass is 28.3. The Labute approximate surface area is 126 Å². The first kappa shape index (κ1) is 11.2. The van der Waals surface area contributed by atoms with Crippen LogP contribution in [0.15, 0.2) is 30.5 Å². The van der Waals surface area contributed by atoms with Gasteiger partial charge in [0.1, 0.15) is 12.9 Å². The number of pyridine rings is 1. The first-order valence-electron chi connectivity index (χ1n) is 8.22. The van der Waals surface area contributed by atoms with Crippen LogP contribution in [0.5, 0.6) is 0 Å². The number of hydrogen-bond acceptors (Lipinski definition) is 0. The lowest BCUT2D eigenvalue weighted by molar-refractivity contribution is -0.660. The Bertz CT molecular complexity index is 725. The van der Waals surface area contributed by atoms with Crippen LogP contribution in [-0.2, 0) is 7.05 Å². The summed E-state index contributed by atoms with van der Waals surface area (Å²) >= 11 is 0. The van der Waals surface area contributed by atoms with Gasteiger partial charge in [0.05, 0.1) is 13.6 Å². The Balaban J connectivity index is 2.68. The third-order valence-corrected chi connectivity index (χ3v) is 5.60. The van der Waals surface area contributed by atoms with Crippen LogP contribution in [0.3, 0.4) is 0 Å². The van der Waals surface area contributed by atoms with Gasteiger partial charge in [-0.15, -0.1) is 0 Å². The molecule has 0 atom stereocenters. The van der Waals surface area contributed by atoms with Crippen molar-refractivity contribution >= 4 is 13.3 Å². The first-order valence-corrected chi connectivity index (χ1v) is 10.2. The highest BCUT2D eigenvalue weighted by molar-refractivity contribution is 6.88. The summed E-state index contributed by atoms with van der Waals surface area (Å²) in [4.78, 5) is 0. The van der Waals surface area contributed by atoms with Crippen molar-refractivity contribution in [1.82, 2.24) is 0 Å². The normalized spacial score (nSPS) is 14.6. The SMILES string of the molecule is [2H]C([2H])([2H])c1cc(C)c(-c2cc([Si](C)(C)C)cc[n+]2C)c(F)c1. The van der Waals surface area contributed by atoms with Gasteiger partial charge in [0.2, 0.25) is 5.69 Å². The molecule has 3 heteroatoms. The molecule has 1 heterocycles. The van der Waals surface area contributed by atoms with Gasteiger partial charge >= 0.3 is 0 Å². The molecule has 0 bridgehead atoms. The number of aryl methyl sites for hydroxylation is 3. The maximum atomic E-state index is 14.7. The predicted octanol–water partition coefficient (Wildman–Crippen LogP) is 3.48. The van der Waals surface area contributed by atoms with Gasteiger partial charge in [-0.2, -0.15) is 0 Å². The molecular weight excluding hydrogens is 265 g/mol. The smallest absolute Gasteiger partial charge is 0.206 e. The molecule has 2 aromatic rings. The minimum absolute atomic E-state index is 0.0419. The van der Waals surface area contributed by atoms with Gasteiger partial charge in [-0.1, -0.05) is 25.7 Å². The predicted molar refractivity (Wildman–Crippen MR) is 85.5 cm³/mol. The van der Waals surface area contributed by atoms with E-state index < -0.39 is 20.7 Å². The lowest BCUT2D eigenvalue weighted by Gasteiger charge is -2.17. The second-order valence-electron chi connectivity index (χ2n) is 6.31. The molecule has 0 unspecified atom stereocenters. The van der Waals surface area contributed by atoms with E-state index >= 15 is 0 Å². The van der Waals surface area contributed by atoms with Crippen LogP contribution in [-0.4, -0.2) is 8.07 Å². The average Bonchev–Trinajstić information content (AvgIpc) is 2.37. The molecule has 0 radical (unpaired) electrons. The maximum Gasteiger partial charge on any atom is 0.215 e. The lowest BCUT2D eigenvalue weighted by atomic mass is 10.0. The monoisotopic (exact) mass is 291 g/mol. The number of benzene rings is 1. The quantitative estimate of drug-likeness (QED) is 0.589. The molecule has 0 spiro atoms. The Morgan fingerprint density at radius 3 is 2.45 bits per heavy atom. The molecule has 20 heavy (non-hydrogen) atoms. The summed E-state index contributed by atoms with van der Waals surface area (Å²) in [6.45, 7) is 6.19. The minimum atomic E-state index is -2.30. The third-order valence-electron chi connectivity index (χ3n) is 3.56. The fourth-order valence-electron chi connectivity index (χ4n) is 2.35. The number of rotatable bonds is 2. The number of aromatic nitrogens is 1. The van der Waals surface area contributed by atoms with E-state index in [9.17, 15) is 4.39 Å². The first-order chi connectivity index (χ1) is 10.4. The molecule has 1 aromatic carbocycles. The Morgan fingerprint density at radius 2 is 1.90 bits per heavy atom. The van der Waals surface area contributed by atoms with E-state index in [-0.39, 0.29) is 5.56 Å². The van der Waals surface area contributed by atoms with Gasteiger partial charge in [0.15, 0.2) is 6.20 Å². The second kappa shape index (κ2) is 5.13. The van der Waals surface area contributed by atoms with E-state index in [2.05, 4.69) is 25.7 Å². The summed E-state index contributed by atoms with van der Waals surface area (Å²) in [6.07, 6.45) is 1.94. The van der Waals surface area contributed by atoms with E-state index in [1.165, 1.54) is 5.19 Å². The third kappa shape index (κ3) is 2.83. The molecule has 1 nitrogen and oxygen atoms in total. The fourth-order valence-corrected chi connectivity index (χ4v) is 3.50. The van der Waals surface area contributed by atoms with Crippen molar-refractivity contribution in [2.24, 2.45) is 7.05 Å². The zero-order valence-corrected chi connectivity index (χ0v) is 13.7. The van der Waals surface area contributed by atoms with Gasteiger partial charge in [-0.25, -0.2) is 8.96 Å². The summed E-state index contributed by atoms with van der Waals surface area (Å²) < 4.78 is 39.0. The lowest BCUT2D eigenvalue weighted by Crippen LogP contribution is -2.42. The van der Waals surface area contributed by atoms with Gasteiger partial charge in [-0.3, -0.25) is 0 Å². The maximum absolute atomic E-state index is 14.7. The van der Waals surface area contributed by atoms with Crippen LogP contribution in [0.25, 0.3) is 11.3 Å². The van der Waals surface area contributed by atoms with Crippen molar-refractivity contribution in [3.05, 3.63) is 47.4 Å². The van der Waals surface area contributed by atoms with Crippen LogP contribution in [0, 0.1) is 19.6 Å². The second-order valence-corrected chi connectivity index (χ2v) is 11.4.